The van der Waals surface area contributed by atoms with Gasteiger partial charge in [-0.1, -0.05) is 0 Å². The van der Waals surface area contributed by atoms with Gasteiger partial charge in [0.1, 0.15) is 5.92 Å². The fourth-order valence-corrected chi connectivity index (χ4v) is 1.10. The molecule has 0 aromatic carbocycles. The zero-order valence-corrected chi connectivity index (χ0v) is 5.77. The molecule has 0 bridgehead atoms. The second-order valence-electron chi connectivity index (χ2n) is 2.37. The number of allylic oxidation sites excluding steroid dienone is 2. The predicted octanol–water partition coefficient (Wildman–Crippen LogP) is 0.738. The van der Waals surface area contributed by atoms with Gasteiger partial charge in [-0.15, -0.1) is 0 Å². The number of amides is 1. The Morgan fingerprint density at radius 2 is 2.36 bits per heavy atom. The minimum atomic E-state index is -0.231. The molecule has 3 heteroatoms. The number of carbonyl (C=O) groups excluding carboxylic acids is 1. The van der Waals surface area contributed by atoms with E-state index in [2.05, 4.69) is 9.98 Å². The lowest BCUT2D eigenvalue weighted by Gasteiger charge is -2.13. The number of aliphatic imine (C=N–C) groups is 2. The minimum Gasteiger partial charge on any atom is -0.271 e. The van der Waals surface area contributed by atoms with Gasteiger partial charge in [0.2, 0.25) is 0 Å². The van der Waals surface area contributed by atoms with Crippen molar-refractivity contribution in [1.82, 2.24) is 0 Å². The molecule has 2 aliphatic rings. The molecule has 1 amide bonds. The molecule has 1 unspecified atom stereocenters. The van der Waals surface area contributed by atoms with Crippen molar-refractivity contribution in [2.75, 3.05) is 0 Å². The highest BCUT2D eigenvalue weighted by molar-refractivity contribution is 6.05. The molecule has 0 aliphatic carbocycles. The molecule has 2 aliphatic heterocycles. The maximum Gasteiger partial charge on any atom is 0.258 e. The van der Waals surface area contributed by atoms with Gasteiger partial charge in [-0.05, 0) is 17.7 Å². The first-order chi connectivity index (χ1) is 5.38. The highest BCUT2D eigenvalue weighted by atomic mass is 16.1. The summed E-state index contributed by atoms with van der Waals surface area (Å²) >= 11 is 0. The minimum absolute atomic E-state index is 0.129. The third-order valence-electron chi connectivity index (χ3n) is 1.68. The fourth-order valence-electron chi connectivity index (χ4n) is 1.10. The Morgan fingerprint density at radius 3 is 3.18 bits per heavy atom. The summed E-state index contributed by atoms with van der Waals surface area (Å²) in [5.41, 5.74) is 0.972. The normalized spacial score (nSPS) is 26.7. The van der Waals surface area contributed by atoms with Crippen LogP contribution in [-0.4, -0.2) is 18.3 Å². The standard InChI is InChI=1S/C8H6N2O/c11-8-7-5-9-3-1-6(7)2-4-10-8/h1-5,7H. The van der Waals surface area contributed by atoms with Crippen molar-refractivity contribution >= 4 is 18.3 Å². The van der Waals surface area contributed by atoms with Gasteiger partial charge in [0.05, 0.1) is 0 Å². The van der Waals surface area contributed by atoms with Crippen LogP contribution in [-0.2, 0) is 4.79 Å². The highest BCUT2D eigenvalue weighted by Gasteiger charge is 2.21. The van der Waals surface area contributed by atoms with Crippen LogP contribution in [0.3, 0.4) is 0 Å². The Hall–Kier alpha value is -1.51. The molecule has 0 aromatic heterocycles. The van der Waals surface area contributed by atoms with Crippen LogP contribution in [0.4, 0.5) is 0 Å². The molecule has 1 atom stereocenters. The molecule has 54 valence electrons. The lowest BCUT2D eigenvalue weighted by atomic mass is 9.96. The number of hydrogen-bond acceptors (Lipinski definition) is 2. The van der Waals surface area contributed by atoms with Gasteiger partial charge in [-0.2, -0.15) is 0 Å². The van der Waals surface area contributed by atoms with E-state index in [1.54, 1.807) is 12.4 Å². The summed E-state index contributed by atoms with van der Waals surface area (Å²) < 4.78 is 0. The quantitative estimate of drug-likeness (QED) is 0.497. The van der Waals surface area contributed by atoms with Crippen molar-refractivity contribution in [2.24, 2.45) is 15.9 Å². The van der Waals surface area contributed by atoms with Crippen LogP contribution in [0.25, 0.3) is 0 Å². The van der Waals surface area contributed by atoms with Gasteiger partial charge >= 0.3 is 0 Å². The Labute approximate surface area is 63.9 Å². The Kier molecular flexibility index (Phi) is 1.28. The summed E-state index contributed by atoms with van der Waals surface area (Å²) in [6.45, 7) is 0. The molecule has 2 heterocycles. The predicted molar refractivity (Wildman–Crippen MR) is 42.7 cm³/mol. The SMILES string of the molecule is O=C1N=CC=C2C=CN=CC12. The maximum absolute atomic E-state index is 11.1. The molecule has 0 radical (unpaired) electrons. The Balaban J connectivity index is 2.43. The summed E-state index contributed by atoms with van der Waals surface area (Å²) in [4.78, 5) is 18.6. The summed E-state index contributed by atoms with van der Waals surface area (Å²) in [6, 6.07) is 0. The van der Waals surface area contributed by atoms with Gasteiger partial charge in [-0.3, -0.25) is 9.79 Å². The van der Waals surface area contributed by atoms with Crippen LogP contribution in [0.5, 0.6) is 0 Å². The first-order valence-electron chi connectivity index (χ1n) is 3.36. The molecule has 0 fully saturated rings. The molecule has 0 spiro atoms. The van der Waals surface area contributed by atoms with E-state index in [0.717, 1.165) is 5.57 Å². The Morgan fingerprint density at radius 1 is 1.45 bits per heavy atom. The monoisotopic (exact) mass is 146 g/mol. The molecule has 0 saturated carbocycles. The highest BCUT2D eigenvalue weighted by Crippen LogP contribution is 2.18. The van der Waals surface area contributed by atoms with Crippen LogP contribution in [0, 0.1) is 5.92 Å². The van der Waals surface area contributed by atoms with Crippen LogP contribution >= 0.6 is 0 Å². The lowest BCUT2D eigenvalue weighted by Crippen LogP contribution is -2.20. The molecule has 2 rings (SSSR count). The van der Waals surface area contributed by atoms with Crippen molar-refractivity contribution in [1.29, 1.82) is 0 Å². The van der Waals surface area contributed by atoms with Gasteiger partial charge in [0.25, 0.3) is 5.91 Å². The zero-order valence-electron chi connectivity index (χ0n) is 5.77. The number of nitrogens with zero attached hydrogens (tertiary/aromatic N) is 2. The number of hydrogen-bond donors (Lipinski definition) is 0. The molecular weight excluding hydrogens is 140 g/mol. The fraction of sp³-hybridized carbons (Fsp3) is 0.125. The van der Waals surface area contributed by atoms with Crippen LogP contribution in [0.15, 0.2) is 33.9 Å². The van der Waals surface area contributed by atoms with Gasteiger partial charge < -0.3 is 0 Å². The average molecular weight is 146 g/mol. The zero-order chi connectivity index (χ0) is 7.68. The first kappa shape index (κ1) is 6.22. The van der Waals surface area contributed by atoms with Crippen LogP contribution in [0.1, 0.15) is 0 Å². The second kappa shape index (κ2) is 2.27. The van der Waals surface area contributed by atoms with Crippen molar-refractivity contribution < 1.29 is 4.79 Å². The van der Waals surface area contributed by atoms with Crippen LogP contribution < -0.4 is 0 Å². The molecule has 0 saturated heterocycles. The van der Waals surface area contributed by atoms with E-state index in [1.807, 2.05) is 12.2 Å². The van der Waals surface area contributed by atoms with E-state index >= 15 is 0 Å². The average Bonchev–Trinajstić information content (AvgIpc) is 2.06. The third kappa shape index (κ3) is 0.941. The van der Waals surface area contributed by atoms with Crippen molar-refractivity contribution in [3.8, 4) is 0 Å². The summed E-state index contributed by atoms with van der Waals surface area (Å²) in [5, 5.41) is 0. The molecule has 11 heavy (non-hydrogen) atoms. The third-order valence-corrected chi connectivity index (χ3v) is 1.68. The van der Waals surface area contributed by atoms with Gasteiger partial charge in [0, 0.05) is 18.6 Å². The smallest absolute Gasteiger partial charge is 0.258 e. The first-order valence-corrected chi connectivity index (χ1v) is 3.36. The van der Waals surface area contributed by atoms with Crippen molar-refractivity contribution in [3.63, 3.8) is 0 Å². The van der Waals surface area contributed by atoms with Crippen LogP contribution in [0.2, 0.25) is 0 Å². The van der Waals surface area contributed by atoms with Gasteiger partial charge in [0.15, 0.2) is 0 Å². The number of rotatable bonds is 0. The lowest BCUT2D eigenvalue weighted by molar-refractivity contribution is -0.118. The molecule has 0 N–H and O–H groups in total. The molecule has 0 aromatic rings. The summed E-state index contributed by atoms with van der Waals surface area (Å²) in [5.74, 6) is -0.361. The van der Waals surface area contributed by atoms with E-state index in [1.165, 1.54) is 6.21 Å². The second-order valence-corrected chi connectivity index (χ2v) is 2.37. The number of fused-ring (bicyclic) bond motifs is 1. The number of carbonyl (C=O) groups is 1. The van der Waals surface area contributed by atoms with E-state index in [0.29, 0.717) is 0 Å². The van der Waals surface area contributed by atoms with E-state index in [-0.39, 0.29) is 11.8 Å². The maximum atomic E-state index is 11.1. The van der Waals surface area contributed by atoms with E-state index < -0.39 is 0 Å². The van der Waals surface area contributed by atoms with Crippen molar-refractivity contribution in [2.45, 2.75) is 0 Å². The van der Waals surface area contributed by atoms with E-state index in [9.17, 15) is 4.79 Å². The summed E-state index contributed by atoms with van der Waals surface area (Å²) in [6.07, 6.45) is 8.47. The Bertz CT molecular complexity index is 310. The molecular formula is C8H6N2O. The number of dihydropyridines is 1. The molecule has 3 nitrogen and oxygen atoms in total. The van der Waals surface area contributed by atoms with Gasteiger partial charge in [-0.25, -0.2) is 4.99 Å². The summed E-state index contributed by atoms with van der Waals surface area (Å²) in [7, 11) is 0. The van der Waals surface area contributed by atoms with Crippen molar-refractivity contribution in [3.05, 3.63) is 23.9 Å². The largest absolute Gasteiger partial charge is 0.271 e. The van der Waals surface area contributed by atoms with E-state index in [4.69, 9.17) is 0 Å². The topological polar surface area (TPSA) is 41.8 Å².